The SMILES string of the molecule is CCONC(=O)c1ccc(C)c(S(=O)(=O)NCc2ccccc2)c1. The van der Waals surface area contributed by atoms with Gasteiger partial charge in [-0.15, -0.1) is 0 Å². The molecular weight excluding hydrogens is 328 g/mol. The van der Waals surface area contributed by atoms with Crippen molar-refractivity contribution in [3.63, 3.8) is 0 Å². The average molecular weight is 348 g/mol. The number of amides is 1. The fourth-order valence-corrected chi connectivity index (χ4v) is 3.37. The molecule has 0 atom stereocenters. The number of aryl methyl sites for hydroxylation is 1. The molecule has 2 rings (SSSR count). The van der Waals surface area contributed by atoms with Gasteiger partial charge in [-0.2, -0.15) is 0 Å². The second-order valence-corrected chi connectivity index (χ2v) is 6.89. The van der Waals surface area contributed by atoms with Gasteiger partial charge in [0.15, 0.2) is 0 Å². The Hall–Kier alpha value is -2.22. The molecule has 0 spiro atoms. The number of hydroxylamine groups is 1. The Morgan fingerprint density at radius 2 is 1.83 bits per heavy atom. The lowest BCUT2D eigenvalue weighted by molar-refractivity contribution is 0.0364. The topological polar surface area (TPSA) is 84.5 Å². The Labute approximate surface area is 141 Å². The summed E-state index contributed by atoms with van der Waals surface area (Å²) in [5.41, 5.74) is 3.88. The predicted octanol–water partition coefficient (Wildman–Crippen LogP) is 2.15. The molecule has 1 amide bonds. The molecule has 0 aromatic heterocycles. The van der Waals surface area contributed by atoms with Crippen molar-refractivity contribution >= 4 is 15.9 Å². The summed E-state index contributed by atoms with van der Waals surface area (Å²) in [6.07, 6.45) is 0. The molecule has 0 radical (unpaired) electrons. The van der Waals surface area contributed by atoms with Crippen LogP contribution in [-0.2, 0) is 21.4 Å². The third-order valence-corrected chi connectivity index (χ3v) is 4.90. The fraction of sp³-hybridized carbons (Fsp3) is 0.235. The molecular formula is C17H20N2O4S. The number of carbonyl (C=O) groups excluding carboxylic acids is 1. The van der Waals surface area contributed by atoms with Gasteiger partial charge in [0.05, 0.1) is 11.5 Å². The Bertz CT molecular complexity index is 805. The molecule has 2 aromatic carbocycles. The molecule has 0 saturated heterocycles. The van der Waals surface area contributed by atoms with Crippen LogP contribution in [0.4, 0.5) is 0 Å². The molecule has 7 heteroatoms. The van der Waals surface area contributed by atoms with E-state index in [1.807, 2.05) is 30.3 Å². The van der Waals surface area contributed by atoms with Crippen LogP contribution >= 0.6 is 0 Å². The normalized spacial score (nSPS) is 11.2. The minimum absolute atomic E-state index is 0.0718. The van der Waals surface area contributed by atoms with Crippen LogP contribution in [0.5, 0.6) is 0 Å². The Balaban J connectivity index is 2.21. The zero-order chi connectivity index (χ0) is 17.6. The van der Waals surface area contributed by atoms with E-state index in [1.165, 1.54) is 6.07 Å². The van der Waals surface area contributed by atoms with E-state index < -0.39 is 15.9 Å². The smallest absolute Gasteiger partial charge is 0.274 e. The van der Waals surface area contributed by atoms with Crippen molar-refractivity contribution in [3.8, 4) is 0 Å². The first kappa shape index (κ1) is 18.1. The second kappa shape index (κ2) is 8.05. The summed E-state index contributed by atoms with van der Waals surface area (Å²) in [4.78, 5) is 16.8. The molecule has 6 nitrogen and oxygen atoms in total. The summed E-state index contributed by atoms with van der Waals surface area (Å²) >= 11 is 0. The zero-order valence-electron chi connectivity index (χ0n) is 13.6. The highest BCUT2D eigenvalue weighted by atomic mass is 32.2. The van der Waals surface area contributed by atoms with E-state index in [-0.39, 0.29) is 17.0 Å². The highest BCUT2D eigenvalue weighted by Gasteiger charge is 2.19. The molecule has 0 unspecified atom stereocenters. The fourth-order valence-electron chi connectivity index (χ4n) is 2.08. The quantitative estimate of drug-likeness (QED) is 0.751. The predicted molar refractivity (Wildman–Crippen MR) is 90.7 cm³/mol. The lowest BCUT2D eigenvalue weighted by Crippen LogP contribution is -2.26. The summed E-state index contributed by atoms with van der Waals surface area (Å²) in [5, 5.41) is 0. The van der Waals surface area contributed by atoms with E-state index >= 15 is 0 Å². The van der Waals surface area contributed by atoms with Gasteiger partial charge in [0.2, 0.25) is 10.0 Å². The monoisotopic (exact) mass is 348 g/mol. The number of hydrogen-bond acceptors (Lipinski definition) is 4. The van der Waals surface area contributed by atoms with E-state index in [9.17, 15) is 13.2 Å². The van der Waals surface area contributed by atoms with Gasteiger partial charge in [0, 0.05) is 12.1 Å². The highest BCUT2D eigenvalue weighted by Crippen LogP contribution is 2.17. The van der Waals surface area contributed by atoms with Gasteiger partial charge in [-0.3, -0.25) is 9.63 Å². The van der Waals surface area contributed by atoms with E-state index in [2.05, 4.69) is 10.2 Å². The van der Waals surface area contributed by atoms with E-state index in [1.54, 1.807) is 26.0 Å². The van der Waals surface area contributed by atoms with Gasteiger partial charge >= 0.3 is 0 Å². The first-order valence-corrected chi connectivity index (χ1v) is 8.98. The van der Waals surface area contributed by atoms with Crippen molar-refractivity contribution in [2.24, 2.45) is 0 Å². The maximum Gasteiger partial charge on any atom is 0.274 e. The molecule has 2 aromatic rings. The van der Waals surface area contributed by atoms with Crippen molar-refractivity contribution in [2.75, 3.05) is 6.61 Å². The summed E-state index contributed by atoms with van der Waals surface area (Å²) in [5.74, 6) is -0.489. The molecule has 0 aliphatic rings. The number of benzene rings is 2. The van der Waals surface area contributed by atoms with Crippen molar-refractivity contribution in [3.05, 3.63) is 65.2 Å². The maximum absolute atomic E-state index is 12.5. The third kappa shape index (κ3) is 4.64. The standard InChI is InChI=1S/C17H20N2O4S/c1-3-23-19-17(20)15-10-9-13(2)16(11-15)24(21,22)18-12-14-7-5-4-6-8-14/h4-11,18H,3,12H2,1-2H3,(H,19,20). The van der Waals surface area contributed by atoms with Crippen LogP contribution in [0.15, 0.2) is 53.4 Å². The molecule has 0 aliphatic heterocycles. The summed E-state index contributed by atoms with van der Waals surface area (Å²) in [6.45, 7) is 3.92. The second-order valence-electron chi connectivity index (χ2n) is 5.15. The first-order valence-electron chi connectivity index (χ1n) is 7.50. The van der Waals surface area contributed by atoms with Crippen LogP contribution in [0, 0.1) is 6.92 Å². The van der Waals surface area contributed by atoms with Crippen LogP contribution < -0.4 is 10.2 Å². The van der Waals surface area contributed by atoms with Crippen molar-refractivity contribution < 1.29 is 18.0 Å². The molecule has 0 heterocycles. The molecule has 0 bridgehead atoms. The minimum Gasteiger partial charge on any atom is -0.274 e. The first-order chi connectivity index (χ1) is 11.4. The number of hydrogen-bond donors (Lipinski definition) is 2. The molecule has 128 valence electrons. The summed E-state index contributed by atoms with van der Waals surface area (Å²) < 4.78 is 27.6. The number of rotatable bonds is 7. The van der Waals surface area contributed by atoms with Gasteiger partial charge in [-0.05, 0) is 37.1 Å². The third-order valence-electron chi connectivity index (χ3n) is 3.36. The van der Waals surface area contributed by atoms with Gasteiger partial charge in [0.25, 0.3) is 5.91 Å². The Kier molecular flexibility index (Phi) is 6.08. The lowest BCUT2D eigenvalue weighted by atomic mass is 10.1. The van der Waals surface area contributed by atoms with Gasteiger partial charge in [-0.25, -0.2) is 18.6 Å². The van der Waals surface area contributed by atoms with Crippen LogP contribution in [0.2, 0.25) is 0 Å². The number of sulfonamides is 1. The molecule has 24 heavy (non-hydrogen) atoms. The largest absolute Gasteiger partial charge is 0.274 e. The van der Waals surface area contributed by atoms with Crippen LogP contribution in [0.25, 0.3) is 0 Å². The van der Waals surface area contributed by atoms with Crippen molar-refractivity contribution in [2.45, 2.75) is 25.3 Å². The van der Waals surface area contributed by atoms with E-state index in [0.717, 1.165) is 5.56 Å². The minimum atomic E-state index is -3.74. The van der Waals surface area contributed by atoms with Crippen LogP contribution in [-0.4, -0.2) is 20.9 Å². The van der Waals surface area contributed by atoms with Gasteiger partial charge in [0.1, 0.15) is 0 Å². The van der Waals surface area contributed by atoms with Crippen LogP contribution in [0.1, 0.15) is 28.4 Å². The van der Waals surface area contributed by atoms with Crippen molar-refractivity contribution in [1.29, 1.82) is 0 Å². The molecule has 0 aliphatic carbocycles. The molecule has 0 fully saturated rings. The zero-order valence-corrected chi connectivity index (χ0v) is 14.4. The number of carbonyl (C=O) groups is 1. The summed E-state index contributed by atoms with van der Waals surface area (Å²) in [6, 6.07) is 13.7. The maximum atomic E-state index is 12.5. The Morgan fingerprint density at radius 3 is 2.50 bits per heavy atom. The number of nitrogens with one attached hydrogen (secondary N) is 2. The molecule has 2 N–H and O–H groups in total. The molecule has 0 saturated carbocycles. The van der Waals surface area contributed by atoms with E-state index in [4.69, 9.17) is 4.84 Å². The highest BCUT2D eigenvalue weighted by molar-refractivity contribution is 7.89. The average Bonchev–Trinajstić information content (AvgIpc) is 2.59. The lowest BCUT2D eigenvalue weighted by Gasteiger charge is -2.11. The Morgan fingerprint density at radius 1 is 1.12 bits per heavy atom. The van der Waals surface area contributed by atoms with Gasteiger partial charge in [-0.1, -0.05) is 36.4 Å². The van der Waals surface area contributed by atoms with Crippen LogP contribution in [0.3, 0.4) is 0 Å². The van der Waals surface area contributed by atoms with Crippen molar-refractivity contribution in [1.82, 2.24) is 10.2 Å². The van der Waals surface area contributed by atoms with Gasteiger partial charge < -0.3 is 0 Å². The van der Waals surface area contributed by atoms with E-state index in [0.29, 0.717) is 12.2 Å². The summed E-state index contributed by atoms with van der Waals surface area (Å²) in [7, 11) is -3.74.